The molecule has 7 nitrogen and oxygen atoms in total. The Morgan fingerprint density at radius 3 is 2.23 bits per heavy atom. The predicted molar refractivity (Wildman–Crippen MR) is 162 cm³/mol. The molecule has 0 spiro atoms. The van der Waals surface area contributed by atoms with E-state index in [9.17, 15) is 24.3 Å². The smallest absolute Gasteiger partial charge is 0.241 e. The van der Waals surface area contributed by atoms with Gasteiger partial charge in [-0.25, -0.2) is 4.90 Å². The Kier molecular flexibility index (Phi) is 6.36. The highest BCUT2D eigenvalue weighted by Gasteiger charge is 2.67. The van der Waals surface area contributed by atoms with E-state index in [1.807, 2.05) is 50.3 Å². The Bertz CT molecular complexity index is 1720. The molecule has 2 saturated heterocycles. The van der Waals surface area contributed by atoms with Crippen LogP contribution >= 0.6 is 11.6 Å². The Balaban J connectivity index is 1.36. The summed E-state index contributed by atoms with van der Waals surface area (Å²) < 4.78 is 0. The highest BCUT2D eigenvalue weighted by atomic mass is 35.5. The Morgan fingerprint density at radius 2 is 1.56 bits per heavy atom. The third kappa shape index (κ3) is 3.87. The summed E-state index contributed by atoms with van der Waals surface area (Å²) in [5.41, 5.74) is 2.42. The molecule has 7 rings (SSSR count). The Labute approximate surface area is 254 Å². The number of carbonyl (C=O) groups is 4. The number of aromatic hydroxyl groups is 1. The number of imide groups is 2. The summed E-state index contributed by atoms with van der Waals surface area (Å²) in [6, 6.07) is 21.0. The first-order chi connectivity index (χ1) is 20.7. The number of fused-ring (bicyclic) bond motifs is 4. The van der Waals surface area contributed by atoms with Crippen LogP contribution in [0, 0.1) is 29.1 Å². The zero-order valence-corrected chi connectivity index (χ0v) is 24.6. The van der Waals surface area contributed by atoms with Crippen molar-refractivity contribution in [2.45, 2.75) is 39.0 Å². The van der Waals surface area contributed by atoms with Crippen molar-refractivity contribution in [2.24, 2.45) is 29.1 Å². The summed E-state index contributed by atoms with van der Waals surface area (Å²) in [6.07, 6.45) is 3.46. The molecule has 2 aliphatic heterocycles. The van der Waals surface area contributed by atoms with E-state index >= 15 is 0 Å². The average molecular weight is 595 g/mol. The summed E-state index contributed by atoms with van der Waals surface area (Å²) in [4.78, 5) is 59.1. The monoisotopic (exact) mass is 594 g/mol. The van der Waals surface area contributed by atoms with E-state index in [1.54, 1.807) is 30.3 Å². The first-order valence-electron chi connectivity index (χ1n) is 14.7. The molecule has 0 aromatic heterocycles. The van der Waals surface area contributed by atoms with E-state index in [4.69, 9.17) is 11.6 Å². The second-order valence-electron chi connectivity index (χ2n) is 12.2. The standard InChI is InChI=1S/C35H31ClN2O5/c1-3-19-9-11-21(12-10-19)37-31(40)25-16-15-23-26(29(25)33(37)42)18-27-32(41)38(20-7-5-4-6-8-20)34(43)35(27,2)30(23)24-14-13-22(39)17-28(24)36/h4-15,17,25-27,29-30,39H,3,16,18H2,1-2H3/t25-,26+,27-,29-,30+,35+/m0/s1. The molecular formula is C35H31ClN2O5. The van der Waals surface area contributed by atoms with E-state index in [0.29, 0.717) is 23.4 Å². The van der Waals surface area contributed by atoms with E-state index in [1.165, 1.54) is 21.9 Å². The van der Waals surface area contributed by atoms with Gasteiger partial charge in [0.1, 0.15) is 5.75 Å². The Hall–Kier alpha value is -4.23. The van der Waals surface area contributed by atoms with Gasteiger partial charge >= 0.3 is 0 Å². The lowest BCUT2D eigenvalue weighted by molar-refractivity contribution is -0.131. The molecule has 0 bridgehead atoms. The number of phenols is 1. The summed E-state index contributed by atoms with van der Waals surface area (Å²) >= 11 is 6.75. The number of halogens is 1. The summed E-state index contributed by atoms with van der Waals surface area (Å²) in [5.74, 6) is -4.17. The SMILES string of the molecule is CCc1ccc(N2C(=O)[C@H]3[C@H](CC=C4[C@H]3C[C@H]3C(=O)N(c5ccccc5)C(=O)[C@@]3(C)[C@H]4c3ccc(O)cc3Cl)C2=O)cc1. The number of rotatable bonds is 4. The fraction of sp³-hybridized carbons (Fsp3) is 0.314. The fourth-order valence-corrected chi connectivity index (χ4v) is 8.35. The maximum absolute atomic E-state index is 14.4. The predicted octanol–water partition coefficient (Wildman–Crippen LogP) is 6.04. The normalized spacial score (nSPS) is 29.8. The number of para-hydroxylation sites is 1. The van der Waals surface area contributed by atoms with Crippen molar-refractivity contribution in [3.8, 4) is 5.75 Å². The van der Waals surface area contributed by atoms with Gasteiger partial charge in [-0.1, -0.05) is 66.6 Å². The molecule has 6 atom stereocenters. The summed E-state index contributed by atoms with van der Waals surface area (Å²) in [6.45, 7) is 3.87. The molecule has 4 aliphatic rings. The summed E-state index contributed by atoms with van der Waals surface area (Å²) in [5, 5.41) is 10.4. The van der Waals surface area contributed by atoms with Crippen LogP contribution in [0.15, 0.2) is 84.4 Å². The number of nitrogens with zero attached hydrogens (tertiary/aromatic N) is 2. The van der Waals surface area contributed by atoms with Gasteiger partial charge in [-0.05, 0) is 79.6 Å². The van der Waals surface area contributed by atoms with Gasteiger partial charge in [0.2, 0.25) is 23.6 Å². The zero-order chi connectivity index (χ0) is 30.2. The lowest BCUT2D eigenvalue weighted by Crippen LogP contribution is -2.49. The third-order valence-electron chi connectivity index (χ3n) is 10.2. The number of amides is 4. The topological polar surface area (TPSA) is 95.0 Å². The second kappa shape index (κ2) is 9.91. The van der Waals surface area contributed by atoms with Crippen molar-refractivity contribution >= 4 is 46.6 Å². The van der Waals surface area contributed by atoms with Crippen molar-refractivity contribution in [3.05, 3.63) is 101 Å². The number of aryl methyl sites for hydroxylation is 1. The molecule has 3 fully saturated rings. The molecule has 1 saturated carbocycles. The van der Waals surface area contributed by atoms with Gasteiger partial charge in [0.25, 0.3) is 0 Å². The molecular weight excluding hydrogens is 564 g/mol. The van der Waals surface area contributed by atoms with Crippen LogP contribution in [0.25, 0.3) is 0 Å². The largest absolute Gasteiger partial charge is 0.508 e. The highest BCUT2D eigenvalue weighted by molar-refractivity contribution is 6.32. The summed E-state index contributed by atoms with van der Waals surface area (Å²) in [7, 11) is 0. The zero-order valence-electron chi connectivity index (χ0n) is 23.9. The van der Waals surface area contributed by atoms with Gasteiger partial charge in [-0.2, -0.15) is 0 Å². The number of phenolic OH excluding ortho intramolecular Hbond substituents is 1. The average Bonchev–Trinajstić information content (AvgIpc) is 3.37. The number of hydrogen-bond donors (Lipinski definition) is 1. The van der Waals surface area contributed by atoms with Crippen molar-refractivity contribution in [3.63, 3.8) is 0 Å². The van der Waals surface area contributed by atoms with Crippen molar-refractivity contribution in [1.29, 1.82) is 0 Å². The lowest BCUT2D eigenvalue weighted by atomic mass is 9.51. The molecule has 3 aromatic carbocycles. The van der Waals surface area contributed by atoms with Gasteiger partial charge < -0.3 is 5.11 Å². The maximum Gasteiger partial charge on any atom is 0.241 e. The quantitative estimate of drug-likeness (QED) is 0.293. The molecule has 43 heavy (non-hydrogen) atoms. The van der Waals surface area contributed by atoms with E-state index in [0.717, 1.165) is 17.6 Å². The number of anilines is 2. The molecule has 4 amide bonds. The van der Waals surface area contributed by atoms with Crippen LogP contribution in [0.1, 0.15) is 43.7 Å². The van der Waals surface area contributed by atoms with E-state index in [-0.39, 0.29) is 40.8 Å². The highest BCUT2D eigenvalue weighted by Crippen LogP contribution is 2.64. The molecule has 218 valence electrons. The van der Waals surface area contributed by atoms with Crippen LogP contribution in [0.2, 0.25) is 5.02 Å². The second-order valence-corrected chi connectivity index (χ2v) is 12.6. The van der Waals surface area contributed by atoms with Gasteiger partial charge in [0.15, 0.2) is 0 Å². The number of allylic oxidation sites excluding steroid dienone is 2. The van der Waals surface area contributed by atoms with Crippen molar-refractivity contribution < 1.29 is 24.3 Å². The van der Waals surface area contributed by atoms with Crippen LogP contribution < -0.4 is 9.80 Å². The fourth-order valence-electron chi connectivity index (χ4n) is 8.07. The van der Waals surface area contributed by atoms with Gasteiger partial charge in [-0.15, -0.1) is 0 Å². The molecule has 0 unspecified atom stereocenters. The van der Waals surface area contributed by atoms with Gasteiger partial charge in [0, 0.05) is 10.9 Å². The maximum atomic E-state index is 14.4. The number of benzene rings is 3. The number of hydrogen-bond acceptors (Lipinski definition) is 5. The lowest BCUT2D eigenvalue weighted by Gasteiger charge is -2.49. The molecule has 8 heteroatoms. The van der Waals surface area contributed by atoms with E-state index in [2.05, 4.69) is 0 Å². The van der Waals surface area contributed by atoms with Gasteiger partial charge in [0.05, 0.1) is 34.5 Å². The first-order valence-corrected chi connectivity index (χ1v) is 15.1. The molecule has 2 aliphatic carbocycles. The van der Waals surface area contributed by atoms with Crippen LogP contribution in [-0.2, 0) is 25.6 Å². The first kappa shape index (κ1) is 27.6. The molecule has 0 radical (unpaired) electrons. The van der Waals surface area contributed by atoms with Gasteiger partial charge in [-0.3, -0.25) is 24.1 Å². The van der Waals surface area contributed by atoms with Crippen molar-refractivity contribution in [2.75, 3.05) is 9.80 Å². The molecule has 2 heterocycles. The van der Waals surface area contributed by atoms with E-state index < -0.39 is 35.0 Å². The van der Waals surface area contributed by atoms with Crippen LogP contribution in [0.5, 0.6) is 5.75 Å². The minimum absolute atomic E-state index is 0.0125. The van der Waals surface area contributed by atoms with Crippen LogP contribution in [0.4, 0.5) is 11.4 Å². The minimum atomic E-state index is -1.19. The molecule has 3 aromatic rings. The Morgan fingerprint density at radius 1 is 0.860 bits per heavy atom. The molecule has 1 N–H and O–H groups in total. The van der Waals surface area contributed by atoms with Crippen molar-refractivity contribution in [1.82, 2.24) is 0 Å². The number of carbonyl (C=O) groups excluding carboxylic acids is 4. The third-order valence-corrected chi connectivity index (χ3v) is 10.5. The van der Waals surface area contributed by atoms with Crippen LogP contribution in [-0.4, -0.2) is 28.7 Å². The minimum Gasteiger partial charge on any atom is -0.508 e. The van der Waals surface area contributed by atoms with Crippen LogP contribution in [0.3, 0.4) is 0 Å².